The van der Waals surface area contributed by atoms with Crippen LogP contribution in [0.1, 0.15) is 114 Å². The second-order valence-corrected chi connectivity index (χ2v) is 26.3. The first-order valence-corrected chi connectivity index (χ1v) is 33.8. The molecule has 1 saturated heterocycles. The molecule has 0 radical (unpaired) electrons. The van der Waals surface area contributed by atoms with E-state index in [1.54, 1.807) is 36.4 Å². The summed E-state index contributed by atoms with van der Waals surface area (Å²) in [7, 11) is 0. The molecule has 4 aromatic carbocycles. The summed E-state index contributed by atoms with van der Waals surface area (Å²) in [5, 5.41) is 39.7. The first-order chi connectivity index (χ1) is 47.2. The summed E-state index contributed by atoms with van der Waals surface area (Å²) in [5.41, 5.74) is 25.5. The number of hydrogen-bond donors (Lipinski definition) is 12. The summed E-state index contributed by atoms with van der Waals surface area (Å²) >= 11 is 6.22. The first-order valence-electron chi connectivity index (χ1n) is 33.4. The van der Waals surface area contributed by atoms with E-state index in [0.717, 1.165) is 16.3 Å². The number of nitrogens with zero attached hydrogens (tertiary/aromatic N) is 3. The lowest BCUT2D eigenvalue weighted by molar-refractivity contribution is -0.143. The van der Waals surface area contributed by atoms with Gasteiger partial charge in [-0.05, 0) is 154 Å². The van der Waals surface area contributed by atoms with Crippen LogP contribution in [0.2, 0.25) is 5.02 Å². The normalized spacial score (nSPS) is 15.5. The van der Waals surface area contributed by atoms with Crippen LogP contribution in [0.25, 0.3) is 10.8 Å². The van der Waals surface area contributed by atoms with Gasteiger partial charge in [0.2, 0.25) is 35.4 Å². The monoisotopic (exact) mass is 1380 g/mol. The van der Waals surface area contributed by atoms with Crippen LogP contribution in [0.15, 0.2) is 121 Å². The third-order valence-electron chi connectivity index (χ3n) is 17.4. The van der Waals surface area contributed by atoms with Crippen molar-refractivity contribution in [2.24, 2.45) is 51.6 Å². The fourth-order valence-corrected chi connectivity index (χ4v) is 12.1. The number of guanidine groups is 1. The predicted molar refractivity (Wildman–Crippen MR) is 374 cm³/mol. The number of aliphatic hydroxyl groups excluding tert-OH is 1. The number of rotatable bonds is 40. The zero-order valence-electron chi connectivity index (χ0n) is 56.5. The minimum atomic E-state index is -1.66. The number of likely N-dealkylation sites (tertiary alicyclic amines) is 1. The lowest BCUT2D eigenvalue weighted by Gasteiger charge is -2.30. The Morgan fingerprint density at radius 1 is 0.626 bits per heavy atom. The molecule has 5 aromatic rings. The second-order valence-electron chi connectivity index (χ2n) is 25.8. The number of hydrogen-bond acceptors (Lipinski definition) is 16. The van der Waals surface area contributed by atoms with Crippen LogP contribution in [0, 0.1) is 23.7 Å². The highest BCUT2D eigenvalue weighted by molar-refractivity contribution is 6.30. The number of carbonyl (C=O) groups is 11. The van der Waals surface area contributed by atoms with Crippen molar-refractivity contribution in [3.63, 3.8) is 0 Å². The van der Waals surface area contributed by atoms with Gasteiger partial charge >= 0.3 is 6.03 Å². The SMILES string of the molecule is CC(=O)[C@@H](C)NC(=O)C1CCCN1C(=O)[C@H](CCCN=C(N)N)NC(=O)[C@@H](CC(=O)[C@@H](CCCNC(N)=O)NC(=O)[C@@H](CC(=O)[C@H](CO)NC(=O)[C@H](CC(=O)[C@@H](Cc1ccc(Cl)cc1)NC(=O)[C@H](N)Cc1ccc2ccccc2c1)Cc1cccnc1)Cc1ccc(O)cc1)CC(C)C. The van der Waals surface area contributed by atoms with E-state index in [1.807, 2.05) is 56.3 Å². The maximum atomic E-state index is 14.9. The van der Waals surface area contributed by atoms with E-state index in [0.29, 0.717) is 34.6 Å². The minimum absolute atomic E-state index is 0.0151. The van der Waals surface area contributed by atoms with Crippen molar-refractivity contribution in [3.05, 3.63) is 143 Å². The number of ketones is 4. The highest BCUT2D eigenvalue weighted by Crippen LogP contribution is 2.26. The number of urea groups is 1. The molecule has 0 spiro atoms. The van der Waals surface area contributed by atoms with Crippen molar-refractivity contribution in [1.29, 1.82) is 0 Å². The Hall–Kier alpha value is -9.66. The average Bonchev–Trinajstić information content (AvgIpc) is 1.62. The first kappa shape index (κ1) is 78.3. The predicted octanol–water partition coefficient (Wildman–Crippen LogP) is 3.48. The number of phenolic OH excluding ortho intramolecular Hbond substituents is 1. The van der Waals surface area contributed by atoms with Crippen molar-refractivity contribution >= 4 is 92.9 Å². The molecule has 1 aliphatic heterocycles. The molecule has 16 N–H and O–H groups in total. The van der Waals surface area contributed by atoms with Crippen molar-refractivity contribution in [2.75, 3.05) is 26.2 Å². The van der Waals surface area contributed by atoms with Crippen LogP contribution in [0.3, 0.4) is 0 Å². The lowest BCUT2D eigenvalue weighted by Crippen LogP contribution is -2.55. The molecule has 10 atom stereocenters. The van der Waals surface area contributed by atoms with Gasteiger partial charge in [0.15, 0.2) is 29.1 Å². The Bertz CT molecular complexity index is 3630. The number of carbonyl (C=O) groups excluding carboxylic acids is 11. The highest BCUT2D eigenvalue weighted by Gasteiger charge is 2.40. The summed E-state index contributed by atoms with van der Waals surface area (Å²) < 4.78 is 0. The van der Waals surface area contributed by atoms with Crippen LogP contribution >= 0.6 is 11.6 Å². The standard InChI is InChI=1S/C72H94ClN13O13/c1-42(2)31-51(65(93)83-58(15-9-28-79-71(75)76)70(98)86-30-10-16-61(86)69(97)81-43(3)44(4)88)37-62(90)57(14-8-29-80-72(77)99)82-66(94)52(32-45-20-25-55(89)26-21-45)39-64(92)60(41-87)85-67(95)53(34-48-11-7-27-78-40-48)38-63(91)59(36-46-18-23-54(73)24-19-46)84-68(96)56(74)35-47-17-22-49-12-5-6-13-50(49)33-47/h5-7,11-13,17-27,33,40,42-43,51-53,56-61,87,89H,8-10,14-16,28-32,34-39,41,74H2,1-4H3,(H,81,97)(H,82,94)(H,83,93)(H,84,96)(H,85,95)(H4,75,76,79)(H3,77,80,99)/t43-,51-,52-,53+,56-,57-,58+,59-,60+,61?/m1/s1. The van der Waals surface area contributed by atoms with Gasteiger partial charge in [0.25, 0.3) is 0 Å². The van der Waals surface area contributed by atoms with E-state index in [-0.39, 0.29) is 101 Å². The maximum Gasteiger partial charge on any atom is 0.312 e. The molecule has 0 bridgehead atoms. The van der Waals surface area contributed by atoms with E-state index in [9.17, 15) is 63.0 Å². The van der Waals surface area contributed by atoms with Gasteiger partial charge in [-0.25, -0.2) is 4.79 Å². The molecule has 1 fully saturated rings. The quantitative estimate of drug-likeness (QED) is 0.0152. The maximum absolute atomic E-state index is 14.9. The minimum Gasteiger partial charge on any atom is -0.508 e. The Kier molecular flexibility index (Phi) is 30.9. The molecule has 8 amide bonds. The number of halogens is 1. The van der Waals surface area contributed by atoms with Crippen LogP contribution in [-0.4, -0.2) is 159 Å². The van der Waals surface area contributed by atoms with Gasteiger partial charge in [0, 0.05) is 74.1 Å². The molecular weight excluding hydrogens is 1290 g/mol. The van der Waals surface area contributed by atoms with Crippen molar-refractivity contribution in [3.8, 4) is 5.75 Å². The summed E-state index contributed by atoms with van der Waals surface area (Å²) in [4.78, 5) is 164. The number of Topliss-reactive ketones (excluding diaryl/α,β-unsaturated/α-hetero) is 4. The van der Waals surface area contributed by atoms with Crippen molar-refractivity contribution in [1.82, 2.24) is 41.8 Å². The number of primary amides is 1. The van der Waals surface area contributed by atoms with Gasteiger partial charge in [-0.2, -0.15) is 0 Å². The molecule has 99 heavy (non-hydrogen) atoms. The summed E-state index contributed by atoms with van der Waals surface area (Å²) in [6, 6.07) is 20.1. The smallest absolute Gasteiger partial charge is 0.312 e. The fourth-order valence-electron chi connectivity index (χ4n) is 11.9. The van der Waals surface area contributed by atoms with E-state index >= 15 is 0 Å². The van der Waals surface area contributed by atoms with Crippen LogP contribution < -0.4 is 54.8 Å². The molecule has 6 rings (SSSR count). The van der Waals surface area contributed by atoms with Crippen molar-refractivity contribution < 1.29 is 63.0 Å². The van der Waals surface area contributed by atoms with Gasteiger partial charge in [-0.15, -0.1) is 0 Å². The third kappa shape index (κ3) is 25.6. The van der Waals surface area contributed by atoms with Gasteiger partial charge < -0.3 is 69.9 Å². The summed E-state index contributed by atoms with van der Waals surface area (Å²) in [6.07, 6.45) is 2.40. The van der Waals surface area contributed by atoms with E-state index in [1.165, 1.54) is 55.4 Å². The number of nitrogens with one attached hydrogen (secondary N) is 6. The molecular formula is C72H94ClN13O13. The Morgan fingerprint density at radius 3 is 1.82 bits per heavy atom. The fraction of sp³-hybridized carbons (Fsp3) is 0.458. The zero-order valence-corrected chi connectivity index (χ0v) is 57.2. The topological polar surface area (TPSA) is 433 Å². The molecule has 1 aromatic heterocycles. The number of amides is 8. The number of fused-ring (bicyclic) bond motifs is 1. The van der Waals surface area contributed by atoms with Gasteiger partial charge in [0.05, 0.1) is 30.8 Å². The number of nitrogens with two attached hydrogens (primary N) is 4. The number of benzene rings is 4. The molecule has 532 valence electrons. The zero-order chi connectivity index (χ0) is 72.3. The number of aromatic nitrogens is 1. The van der Waals surface area contributed by atoms with Crippen LogP contribution in [0.5, 0.6) is 5.75 Å². The van der Waals surface area contributed by atoms with E-state index in [4.69, 9.17) is 34.5 Å². The lowest BCUT2D eigenvalue weighted by atomic mass is 9.87. The Labute approximate surface area is 581 Å². The molecule has 0 aliphatic carbocycles. The summed E-state index contributed by atoms with van der Waals surface area (Å²) in [5.74, 6) is -10.5. The van der Waals surface area contributed by atoms with Crippen LogP contribution in [0.4, 0.5) is 4.79 Å². The molecule has 0 saturated carbocycles. The molecule has 27 heteroatoms. The van der Waals surface area contributed by atoms with Gasteiger partial charge in [0.1, 0.15) is 23.9 Å². The number of aromatic hydroxyl groups is 1. The summed E-state index contributed by atoms with van der Waals surface area (Å²) in [6.45, 7) is 5.80. The van der Waals surface area contributed by atoms with Gasteiger partial charge in [-0.3, -0.25) is 57.9 Å². The van der Waals surface area contributed by atoms with E-state index in [2.05, 4.69) is 41.9 Å². The molecule has 1 unspecified atom stereocenters. The molecule has 1 aliphatic rings. The number of aliphatic imine (C=N–C) groups is 1. The average molecular weight is 1390 g/mol. The molecule has 2 heterocycles. The largest absolute Gasteiger partial charge is 0.508 e. The second kappa shape index (κ2) is 39.1. The number of aliphatic hydroxyl groups is 1. The Balaban J connectivity index is 1.24. The third-order valence-corrected chi connectivity index (χ3v) is 17.7. The van der Waals surface area contributed by atoms with E-state index < -0.39 is 145 Å². The van der Waals surface area contributed by atoms with Crippen LogP contribution in [-0.2, 0) is 73.6 Å². The number of pyridine rings is 1. The van der Waals surface area contributed by atoms with Crippen molar-refractivity contribution in [2.45, 2.75) is 160 Å². The Morgan fingerprint density at radius 2 is 1.19 bits per heavy atom. The van der Waals surface area contributed by atoms with Gasteiger partial charge in [-0.1, -0.05) is 98.2 Å². The highest BCUT2D eigenvalue weighted by atomic mass is 35.5. The molecule has 26 nitrogen and oxygen atoms in total. The number of phenols is 1.